The van der Waals surface area contributed by atoms with Crippen LogP contribution in [0.15, 0.2) is 60.7 Å². The van der Waals surface area contributed by atoms with Gasteiger partial charge in [-0.2, -0.15) is 0 Å². The highest BCUT2D eigenvalue weighted by Gasteiger charge is 2.43. The number of hydrogen-bond acceptors (Lipinski definition) is 3. The van der Waals surface area contributed by atoms with E-state index in [4.69, 9.17) is 15.9 Å². The number of amidine groups is 1. The molecule has 3 aromatic rings. The number of benzene rings is 3. The van der Waals surface area contributed by atoms with Gasteiger partial charge in [0.1, 0.15) is 18.0 Å². The van der Waals surface area contributed by atoms with Gasteiger partial charge in [0.25, 0.3) is 5.91 Å². The molecule has 1 fully saturated rings. The minimum absolute atomic E-state index is 0.0137. The predicted molar refractivity (Wildman–Crippen MR) is 118 cm³/mol. The van der Waals surface area contributed by atoms with Gasteiger partial charge in [0.05, 0.1) is 0 Å². The van der Waals surface area contributed by atoms with E-state index in [1.165, 1.54) is 35.1 Å². The number of carbonyl (C=O) groups is 1. The van der Waals surface area contributed by atoms with Crippen LogP contribution in [0.5, 0.6) is 0 Å². The summed E-state index contributed by atoms with van der Waals surface area (Å²) in [5.74, 6) is 0.648. The molecule has 0 saturated heterocycles. The van der Waals surface area contributed by atoms with Gasteiger partial charge in [-0.3, -0.25) is 10.2 Å². The highest BCUT2D eigenvalue weighted by Crippen LogP contribution is 2.55. The van der Waals surface area contributed by atoms with E-state index in [1.54, 1.807) is 12.1 Å². The summed E-state index contributed by atoms with van der Waals surface area (Å²) in [5, 5.41) is 10.4. The summed E-state index contributed by atoms with van der Waals surface area (Å²) in [6.45, 7) is 0.421. The van der Waals surface area contributed by atoms with Crippen LogP contribution in [-0.4, -0.2) is 11.7 Å². The number of rotatable bonds is 5. The van der Waals surface area contributed by atoms with Crippen molar-refractivity contribution in [2.45, 2.75) is 37.5 Å². The fourth-order valence-corrected chi connectivity index (χ4v) is 4.76. The topological polar surface area (TPSA) is 88.2 Å². The SMILES string of the molecule is N=C(N)c1ccc(CNC(=O)c2ccc3c(c2)C2OC3c3ccc(C4CC4)cc32)cc1. The highest BCUT2D eigenvalue weighted by atomic mass is 16.5. The van der Waals surface area contributed by atoms with Gasteiger partial charge in [-0.1, -0.05) is 48.5 Å². The van der Waals surface area contributed by atoms with Crippen molar-refractivity contribution in [1.29, 1.82) is 5.41 Å². The molecule has 31 heavy (non-hydrogen) atoms. The largest absolute Gasteiger partial charge is 0.384 e. The van der Waals surface area contributed by atoms with E-state index in [0.29, 0.717) is 23.6 Å². The first-order valence-corrected chi connectivity index (χ1v) is 10.7. The molecule has 5 heteroatoms. The molecule has 0 radical (unpaired) electrons. The zero-order chi connectivity index (χ0) is 21.1. The van der Waals surface area contributed by atoms with Crippen molar-refractivity contribution in [3.05, 3.63) is 105 Å². The summed E-state index contributed by atoms with van der Waals surface area (Å²) in [4.78, 5) is 12.8. The third-order valence-electron chi connectivity index (χ3n) is 6.63. The molecule has 1 amide bonds. The van der Waals surface area contributed by atoms with Gasteiger partial charge in [-0.25, -0.2) is 0 Å². The maximum Gasteiger partial charge on any atom is 0.251 e. The Morgan fingerprint density at radius 2 is 1.55 bits per heavy atom. The van der Waals surface area contributed by atoms with Gasteiger partial charge in [-0.05, 0) is 64.3 Å². The molecule has 2 atom stereocenters. The van der Waals surface area contributed by atoms with Crippen molar-refractivity contribution in [1.82, 2.24) is 5.32 Å². The molecule has 2 aliphatic heterocycles. The maximum atomic E-state index is 12.8. The first-order valence-electron chi connectivity index (χ1n) is 10.7. The van der Waals surface area contributed by atoms with Crippen LogP contribution in [0.4, 0.5) is 0 Å². The van der Waals surface area contributed by atoms with E-state index in [1.807, 2.05) is 30.3 Å². The van der Waals surface area contributed by atoms with Crippen LogP contribution in [0.1, 0.15) is 80.3 Å². The standard InChI is InChI=1S/C26H23N3O2/c27-25(28)16-3-1-14(2-4-16)13-29-26(30)18-8-10-20-22(12-18)24-21-11-17(15-5-6-15)7-9-19(21)23(20)31-24/h1-4,7-12,15,23-24H,5-6,13H2,(H3,27,28)(H,29,30). The summed E-state index contributed by atoms with van der Waals surface area (Å²) < 4.78 is 6.30. The monoisotopic (exact) mass is 409 g/mol. The number of amides is 1. The average molecular weight is 409 g/mol. The number of nitrogen functional groups attached to an aromatic ring is 1. The van der Waals surface area contributed by atoms with E-state index < -0.39 is 0 Å². The molecule has 154 valence electrons. The molecule has 0 aromatic heterocycles. The lowest BCUT2D eigenvalue weighted by Gasteiger charge is -2.17. The van der Waals surface area contributed by atoms with Crippen molar-refractivity contribution in [3.8, 4) is 0 Å². The second-order valence-corrected chi connectivity index (χ2v) is 8.70. The minimum Gasteiger partial charge on any atom is -0.384 e. The molecule has 0 spiro atoms. The summed E-state index contributed by atoms with van der Waals surface area (Å²) in [5.41, 5.74) is 14.0. The van der Waals surface area contributed by atoms with Crippen LogP contribution in [0, 0.1) is 5.41 Å². The van der Waals surface area contributed by atoms with Gasteiger partial charge in [-0.15, -0.1) is 0 Å². The summed E-state index contributed by atoms with van der Waals surface area (Å²) in [7, 11) is 0. The first kappa shape index (κ1) is 18.3. The van der Waals surface area contributed by atoms with Crippen LogP contribution in [0.3, 0.4) is 0 Å². The van der Waals surface area contributed by atoms with E-state index in [9.17, 15) is 4.79 Å². The molecular formula is C26H23N3O2. The Labute approximate surface area is 180 Å². The molecular weight excluding hydrogens is 386 g/mol. The zero-order valence-corrected chi connectivity index (χ0v) is 17.0. The minimum atomic E-state index is -0.104. The molecule has 2 bridgehead atoms. The number of fused-ring (bicyclic) bond motifs is 8. The Hall–Kier alpha value is -3.44. The number of carbonyl (C=O) groups excluding carboxylic acids is 1. The van der Waals surface area contributed by atoms with Crippen LogP contribution >= 0.6 is 0 Å². The van der Waals surface area contributed by atoms with E-state index >= 15 is 0 Å². The van der Waals surface area contributed by atoms with E-state index in [0.717, 1.165) is 11.1 Å². The summed E-state index contributed by atoms with van der Waals surface area (Å²) >= 11 is 0. The molecule has 1 saturated carbocycles. The smallest absolute Gasteiger partial charge is 0.251 e. The van der Waals surface area contributed by atoms with Crippen LogP contribution in [0.25, 0.3) is 0 Å². The fraction of sp³-hybridized carbons (Fsp3) is 0.231. The predicted octanol–water partition coefficient (Wildman–Crippen LogP) is 4.30. The lowest BCUT2D eigenvalue weighted by molar-refractivity contribution is 0.0857. The number of hydrogen-bond donors (Lipinski definition) is 3. The average Bonchev–Trinajstić information content (AvgIpc) is 3.50. The van der Waals surface area contributed by atoms with Crippen molar-refractivity contribution in [2.24, 2.45) is 5.73 Å². The number of nitrogens with one attached hydrogen (secondary N) is 2. The van der Waals surface area contributed by atoms with Gasteiger partial charge in [0, 0.05) is 17.7 Å². The number of nitrogens with two attached hydrogens (primary N) is 1. The van der Waals surface area contributed by atoms with Gasteiger partial charge >= 0.3 is 0 Å². The Balaban J connectivity index is 1.20. The molecule has 3 aliphatic rings. The second kappa shape index (κ2) is 6.79. The zero-order valence-electron chi connectivity index (χ0n) is 17.0. The van der Waals surface area contributed by atoms with Gasteiger partial charge < -0.3 is 15.8 Å². The first-order chi connectivity index (χ1) is 15.1. The van der Waals surface area contributed by atoms with Crippen molar-refractivity contribution in [3.63, 3.8) is 0 Å². The Morgan fingerprint density at radius 1 is 0.903 bits per heavy atom. The molecule has 4 N–H and O–H groups in total. The van der Waals surface area contributed by atoms with E-state index in [2.05, 4.69) is 23.5 Å². The fourth-order valence-electron chi connectivity index (χ4n) is 4.76. The van der Waals surface area contributed by atoms with Gasteiger partial charge in [0.2, 0.25) is 0 Å². The van der Waals surface area contributed by atoms with Crippen LogP contribution < -0.4 is 11.1 Å². The molecule has 1 aliphatic carbocycles. The molecule has 3 aromatic carbocycles. The molecule has 5 nitrogen and oxygen atoms in total. The van der Waals surface area contributed by atoms with Gasteiger partial charge in [0.15, 0.2) is 0 Å². The van der Waals surface area contributed by atoms with E-state index in [-0.39, 0.29) is 24.0 Å². The Morgan fingerprint density at radius 3 is 2.26 bits per heavy atom. The summed E-state index contributed by atoms with van der Waals surface area (Å²) in [6.07, 6.45) is 2.49. The molecule has 6 rings (SSSR count). The third kappa shape index (κ3) is 3.04. The van der Waals surface area contributed by atoms with Crippen molar-refractivity contribution < 1.29 is 9.53 Å². The lowest BCUT2D eigenvalue weighted by atomic mass is 9.84. The van der Waals surface area contributed by atoms with Crippen LogP contribution in [0.2, 0.25) is 0 Å². The lowest BCUT2D eigenvalue weighted by Crippen LogP contribution is -2.23. The van der Waals surface area contributed by atoms with Crippen molar-refractivity contribution >= 4 is 11.7 Å². The maximum absolute atomic E-state index is 12.8. The Kier molecular flexibility index (Phi) is 4.02. The molecule has 2 heterocycles. The van der Waals surface area contributed by atoms with Crippen LogP contribution in [-0.2, 0) is 11.3 Å². The second-order valence-electron chi connectivity index (χ2n) is 8.70. The Bertz CT molecular complexity index is 1230. The highest BCUT2D eigenvalue weighted by molar-refractivity contribution is 5.95. The third-order valence-corrected chi connectivity index (χ3v) is 6.63. The summed E-state index contributed by atoms with van der Waals surface area (Å²) in [6, 6.07) is 20.0. The quantitative estimate of drug-likeness (QED) is 0.434. The normalized spacial score (nSPS) is 20.3. The molecule has 2 unspecified atom stereocenters. The number of ether oxygens (including phenoxy) is 1. The van der Waals surface area contributed by atoms with Crippen molar-refractivity contribution in [2.75, 3.05) is 0 Å².